The SMILES string of the molecule is OC1(Cc2ccc(Br)cc2F)CCc2ccccc2C1. The van der Waals surface area contributed by atoms with E-state index < -0.39 is 5.60 Å². The molecule has 1 aliphatic carbocycles. The average Bonchev–Trinajstić information content (AvgIpc) is 2.42. The van der Waals surface area contributed by atoms with Gasteiger partial charge in [-0.25, -0.2) is 4.39 Å². The molecule has 3 heteroatoms. The number of rotatable bonds is 2. The van der Waals surface area contributed by atoms with E-state index in [4.69, 9.17) is 0 Å². The Kier molecular flexibility index (Phi) is 3.65. The zero-order chi connectivity index (χ0) is 14.2. The van der Waals surface area contributed by atoms with Crippen molar-refractivity contribution in [3.8, 4) is 0 Å². The van der Waals surface area contributed by atoms with E-state index in [1.165, 1.54) is 17.2 Å². The Morgan fingerprint density at radius 3 is 2.65 bits per heavy atom. The van der Waals surface area contributed by atoms with Gasteiger partial charge in [0.2, 0.25) is 0 Å². The van der Waals surface area contributed by atoms with E-state index in [1.54, 1.807) is 6.07 Å². The number of hydrogen-bond donors (Lipinski definition) is 1. The predicted octanol–water partition coefficient (Wildman–Crippen LogP) is 4.05. The second-order valence-corrected chi connectivity index (χ2v) is 6.50. The van der Waals surface area contributed by atoms with E-state index in [-0.39, 0.29) is 5.82 Å². The first-order valence-corrected chi connectivity index (χ1v) is 7.58. The molecule has 2 aromatic carbocycles. The Morgan fingerprint density at radius 1 is 1.15 bits per heavy atom. The van der Waals surface area contributed by atoms with Crippen LogP contribution in [0.4, 0.5) is 4.39 Å². The van der Waals surface area contributed by atoms with Crippen molar-refractivity contribution in [1.82, 2.24) is 0 Å². The minimum Gasteiger partial charge on any atom is -0.389 e. The lowest BCUT2D eigenvalue weighted by Crippen LogP contribution is -2.38. The van der Waals surface area contributed by atoms with Gasteiger partial charge in [0.15, 0.2) is 0 Å². The first-order chi connectivity index (χ1) is 9.56. The van der Waals surface area contributed by atoms with Crippen molar-refractivity contribution >= 4 is 15.9 Å². The van der Waals surface area contributed by atoms with E-state index in [0.717, 1.165) is 10.9 Å². The van der Waals surface area contributed by atoms with Crippen LogP contribution in [0.1, 0.15) is 23.1 Å². The molecule has 1 atom stereocenters. The fourth-order valence-corrected chi connectivity index (χ4v) is 3.29. The normalized spacial score (nSPS) is 21.6. The molecule has 0 radical (unpaired) electrons. The third-order valence-electron chi connectivity index (χ3n) is 4.03. The van der Waals surface area contributed by atoms with Crippen molar-refractivity contribution in [2.24, 2.45) is 0 Å². The molecule has 1 unspecified atom stereocenters. The van der Waals surface area contributed by atoms with Crippen LogP contribution in [-0.4, -0.2) is 10.7 Å². The second-order valence-electron chi connectivity index (χ2n) is 5.58. The summed E-state index contributed by atoms with van der Waals surface area (Å²) in [4.78, 5) is 0. The van der Waals surface area contributed by atoms with Crippen LogP contribution in [0.25, 0.3) is 0 Å². The van der Waals surface area contributed by atoms with Crippen LogP contribution in [0.3, 0.4) is 0 Å². The first-order valence-electron chi connectivity index (χ1n) is 6.79. The largest absolute Gasteiger partial charge is 0.389 e. The molecule has 0 saturated heterocycles. The molecular formula is C17H16BrFO. The highest BCUT2D eigenvalue weighted by atomic mass is 79.9. The quantitative estimate of drug-likeness (QED) is 0.878. The lowest BCUT2D eigenvalue weighted by atomic mass is 9.77. The van der Waals surface area contributed by atoms with E-state index >= 15 is 0 Å². The van der Waals surface area contributed by atoms with Gasteiger partial charge in [0.25, 0.3) is 0 Å². The second kappa shape index (κ2) is 5.30. The lowest BCUT2D eigenvalue weighted by molar-refractivity contribution is 0.0259. The van der Waals surface area contributed by atoms with E-state index in [9.17, 15) is 9.50 Å². The van der Waals surface area contributed by atoms with Crippen molar-refractivity contribution in [2.45, 2.75) is 31.3 Å². The summed E-state index contributed by atoms with van der Waals surface area (Å²) in [6.45, 7) is 0. The van der Waals surface area contributed by atoms with Gasteiger partial charge in [-0.05, 0) is 41.7 Å². The monoisotopic (exact) mass is 334 g/mol. The average molecular weight is 335 g/mol. The summed E-state index contributed by atoms with van der Waals surface area (Å²) in [5.41, 5.74) is 2.21. The molecule has 0 bridgehead atoms. The topological polar surface area (TPSA) is 20.2 Å². The van der Waals surface area contributed by atoms with Gasteiger partial charge in [-0.1, -0.05) is 46.3 Å². The van der Waals surface area contributed by atoms with Crippen LogP contribution >= 0.6 is 15.9 Å². The van der Waals surface area contributed by atoms with E-state index in [0.29, 0.717) is 24.8 Å². The van der Waals surface area contributed by atoms with Gasteiger partial charge >= 0.3 is 0 Å². The Labute approximate surface area is 126 Å². The maximum Gasteiger partial charge on any atom is 0.127 e. The third kappa shape index (κ3) is 2.79. The van der Waals surface area contributed by atoms with Gasteiger partial charge in [-0.2, -0.15) is 0 Å². The van der Waals surface area contributed by atoms with Crippen LogP contribution in [0.2, 0.25) is 0 Å². The Hall–Kier alpha value is -1.19. The Morgan fingerprint density at radius 2 is 1.90 bits per heavy atom. The molecular weight excluding hydrogens is 319 g/mol. The molecule has 1 aliphatic rings. The number of halogens is 2. The van der Waals surface area contributed by atoms with Crippen LogP contribution in [0, 0.1) is 5.82 Å². The molecule has 0 fully saturated rings. The summed E-state index contributed by atoms with van der Waals surface area (Å²) in [5, 5.41) is 10.8. The van der Waals surface area contributed by atoms with Crippen LogP contribution in [0.5, 0.6) is 0 Å². The number of aliphatic hydroxyl groups is 1. The zero-order valence-corrected chi connectivity index (χ0v) is 12.7. The first kappa shape index (κ1) is 13.8. The highest BCUT2D eigenvalue weighted by Gasteiger charge is 2.32. The van der Waals surface area contributed by atoms with Crippen LogP contribution in [0.15, 0.2) is 46.9 Å². The molecule has 104 valence electrons. The summed E-state index contributed by atoms with van der Waals surface area (Å²) in [5.74, 6) is -0.258. The van der Waals surface area contributed by atoms with Gasteiger partial charge in [0.1, 0.15) is 5.82 Å². The molecule has 0 aliphatic heterocycles. The fourth-order valence-electron chi connectivity index (χ4n) is 2.95. The van der Waals surface area contributed by atoms with Gasteiger partial charge in [-0.3, -0.25) is 0 Å². The van der Waals surface area contributed by atoms with Gasteiger partial charge in [-0.15, -0.1) is 0 Å². The maximum absolute atomic E-state index is 13.9. The number of fused-ring (bicyclic) bond motifs is 1. The zero-order valence-electron chi connectivity index (χ0n) is 11.1. The molecule has 1 nitrogen and oxygen atoms in total. The highest BCUT2D eigenvalue weighted by Crippen LogP contribution is 2.32. The van der Waals surface area contributed by atoms with E-state index in [1.807, 2.05) is 18.2 Å². The molecule has 0 heterocycles. The minimum atomic E-state index is -0.844. The smallest absolute Gasteiger partial charge is 0.127 e. The molecule has 2 aromatic rings. The number of hydrogen-bond acceptors (Lipinski definition) is 1. The van der Waals surface area contributed by atoms with Crippen molar-refractivity contribution < 1.29 is 9.50 Å². The summed E-state index contributed by atoms with van der Waals surface area (Å²) in [6, 6.07) is 13.2. The summed E-state index contributed by atoms with van der Waals surface area (Å²) in [7, 11) is 0. The predicted molar refractivity (Wildman–Crippen MR) is 81.2 cm³/mol. The maximum atomic E-state index is 13.9. The third-order valence-corrected chi connectivity index (χ3v) is 4.53. The molecule has 20 heavy (non-hydrogen) atoms. The minimum absolute atomic E-state index is 0.258. The number of aryl methyl sites for hydroxylation is 1. The molecule has 3 rings (SSSR count). The molecule has 0 saturated carbocycles. The van der Waals surface area contributed by atoms with Gasteiger partial charge < -0.3 is 5.11 Å². The lowest BCUT2D eigenvalue weighted by Gasteiger charge is -2.33. The van der Waals surface area contributed by atoms with Gasteiger partial charge in [0, 0.05) is 17.3 Å². The van der Waals surface area contributed by atoms with Crippen molar-refractivity contribution in [2.75, 3.05) is 0 Å². The Balaban J connectivity index is 1.84. The highest BCUT2D eigenvalue weighted by molar-refractivity contribution is 9.10. The standard InChI is InChI=1S/C17H16BrFO/c18-15-6-5-14(16(19)9-15)11-17(20)8-7-12-3-1-2-4-13(12)10-17/h1-6,9,20H,7-8,10-11H2. The molecule has 0 amide bonds. The van der Waals surface area contributed by atoms with Crippen molar-refractivity contribution in [3.05, 3.63) is 69.4 Å². The fraction of sp³-hybridized carbons (Fsp3) is 0.294. The van der Waals surface area contributed by atoms with E-state index in [2.05, 4.69) is 28.1 Å². The van der Waals surface area contributed by atoms with Crippen molar-refractivity contribution in [3.63, 3.8) is 0 Å². The molecule has 0 spiro atoms. The summed E-state index contributed by atoms with van der Waals surface area (Å²) < 4.78 is 14.7. The van der Waals surface area contributed by atoms with Crippen LogP contribution < -0.4 is 0 Å². The molecule has 0 aromatic heterocycles. The summed E-state index contributed by atoms with van der Waals surface area (Å²) >= 11 is 3.25. The van der Waals surface area contributed by atoms with Gasteiger partial charge in [0.05, 0.1) is 5.60 Å². The van der Waals surface area contributed by atoms with Crippen LogP contribution in [-0.2, 0) is 19.3 Å². The Bertz CT molecular complexity index is 641. The number of benzene rings is 2. The molecule has 1 N–H and O–H groups in total. The van der Waals surface area contributed by atoms with Crippen molar-refractivity contribution in [1.29, 1.82) is 0 Å². The summed E-state index contributed by atoms with van der Waals surface area (Å²) in [6.07, 6.45) is 2.49.